The van der Waals surface area contributed by atoms with Crippen LogP contribution in [0.1, 0.15) is 30.2 Å². The second-order valence-electron chi connectivity index (χ2n) is 8.15. The molecule has 168 valence electrons. The first-order chi connectivity index (χ1) is 15.8. The van der Waals surface area contributed by atoms with E-state index in [2.05, 4.69) is 31.9 Å². The molecule has 1 fully saturated rings. The molecule has 4 aromatic heterocycles. The van der Waals surface area contributed by atoms with E-state index in [1.807, 2.05) is 19.1 Å². The van der Waals surface area contributed by atoms with Gasteiger partial charge < -0.3 is 10.4 Å². The maximum Gasteiger partial charge on any atom is 0.260 e. The summed E-state index contributed by atoms with van der Waals surface area (Å²) in [7, 11) is 0. The number of carbonyl (C=O) groups excluding carboxylic acids is 1. The summed E-state index contributed by atoms with van der Waals surface area (Å²) in [5.74, 6) is -4.85. The molecule has 0 bridgehead atoms. The fourth-order valence-corrected chi connectivity index (χ4v) is 3.87. The molecule has 0 aromatic carbocycles. The topological polar surface area (TPSA) is 105 Å². The molecule has 2 atom stereocenters. The first kappa shape index (κ1) is 21.1. The number of alkyl halides is 2. The highest BCUT2D eigenvalue weighted by Crippen LogP contribution is 2.49. The minimum absolute atomic E-state index is 0.165. The van der Waals surface area contributed by atoms with Crippen LogP contribution >= 0.6 is 0 Å². The van der Waals surface area contributed by atoms with Gasteiger partial charge in [-0.3, -0.25) is 9.78 Å². The largest absolute Gasteiger partial charge is 0.386 e. The second kappa shape index (κ2) is 7.66. The van der Waals surface area contributed by atoms with Gasteiger partial charge in [0.25, 0.3) is 5.92 Å². The van der Waals surface area contributed by atoms with Crippen LogP contribution in [0.15, 0.2) is 49.6 Å². The summed E-state index contributed by atoms with van der Waals surface area (Å²) in [6.45, 7) is 5.56. The quantitative estimate of drug-likeness (QED) is 0.433. The van der Waals surface area contributed by atoms with Gasteiger partial charge in [0.15, 0.2) is 5.65 Å². The van der Waals surface area contributed by atoms with Crippen LogP contribution in [0.5, 0.6) is 0 Å². The standard InChI is InChI=1S/C23H20F2N6O2/c1-3-4-19(32)17-5-12(2)15(10-26-17)14-6-13-9-27-20(30-22(33)16-8-23(16,24)25)7-18(13)31-21(14)28-11-29-31/h3,5-7,9-11,16,19,32H,1,4,8H2,2H3,(H,27,30,33)/t16-,19-/m1/s1. The van der Waals surface area contributed by atoms with E-state index in [9.17, 15) is 18.7 Å². The lowest BCUT2D eigenvalue weighted by Crippen LogP contribution is -2.18. The van der Waals surface area contributed by atoms with Crippen molar-refractivity contribution in [1.29, 1.82) is 0 Å². The van der Waals surface area contributed by atoms with E-state index in [0.29, 0.717) is 28.7 Å². The molecule has 8 nitrogen and oxygen atoms in total. The van der Waals surface area contributed by atoms with Crippen LogP contribution in [0.25, 0.3) is 27.7 Å². The Morgan fingerprint density at radius 1 is 1.30 bits per heavy atom. The predicted octanol–water partition coefficient (Wildman–Crippen LogP) is 3.85. The van der Waals surface area contributed by atoms with Crippen LogP contribution in [0.2, 0.25) is 0 Å². The van der Waals surface area contributed by atoms with Crippen LogP contribution in [0, 0.1) is 12.8 Å². The highest BCUT2D eigenvalue weighted by molar-refractivity contribution is 5.97. The van der Waals surface area contributed by atoms with Crippen molar-refractivity contribution in [3.05, 3.63) is 60.8 Å². The Labute approximate surface area is 187 Å². The predicted molar refractivity (Wildman–Crippen MR) is 118 cm³/mol. The summed E-state index contributed by atoms with van der Waals surface area (Å²) < 4.78 is 28.0. The zero-order valence-corrected chi connectivity index (χ0v) is 17.7. The van der Waals surface area contributed by atoms with Crippen LogP contribution in [-0.2, 0) is 4.79 Å². The summed E-state index contributed by atoms with van der Waals surface area (Å²) >= 11 is 0. The Hall–Kier alpha value is -3.79. The maximum absolute atomic E-state index is 13.2. The molecule has 0 radical (unpaired) electrons. The monoisotopic (exact) mass is 450 g/mol. The Kier molecular flexibility index (Phi) is 4.89. The molecule has 1 aliphatic rings. The lowest BCUT2D eigenvalue weighted by Gasteiger charge is -2.13. The summed E-state index contributed by atoms with van der Waals surface area (Å²) in [6.07, 6.45) is 5.51. The molecule has 2 N–H and O–H groups in total. The molecule has 10 heteroatoms. The number of nitrogens with one attached hydrogen (secondary N) is 1. The van der Waals surface area contributed by atoms with E-state index in [-0.39, 0.29) is 5.82 Å². The number of aliphatic hydroxyl groups excluding tert-OH is 1. The minimum atomic E-state index is -2.95. The van der Waals surface area contributed by atoms with E-state index >= 15 is 0 Å². The number of nitrogens with zero attached hydrogens (tertiary/aromatic N) is 5. The van der Waals surface area contributed by atoms with Gasteiger partial charge >= 0.3 is 0 Å². The fraction of sp³-hybridized carbons (Fsp3) is 0.261. The molecular formula is C23H20F2N6O2. The summed E-state index contributed by atoms with van der Waals surface area (Å²) in [5, 5.41) is 17.7. The third-order valence-electron chi connectivity index (χ3n) is 5.78. The molecule has 0 unspecified atom stereocenters. The SMILES string of the molecule is C=CC[C@@H](O)c1cc(C)c(-c2cc3cnc(NC(=O)[C@H]4CC4(F)F)cc3n3ncnc23)cn1. The van der Waals surface area contributed by atoms with Crippen molar-refractivity contribution >= 4 is 28.3 Å². The number of rotatable bonds is 6. The number of carbonyl (C=O) groups is 1. The number of aryl methyl sites for hydroxylation is 1. The van der Waals surface area contributed by atoms with Crippen LogP contribution in [0.3, 0.4) is 0 Å². The lowest BCUT2D eigenvalue weighted by atomic mass is 10.0. The molecule has 33 heavy (non-hydrogen) atoms. The molecule has 0 spiro atoms. The van der Waals surface area contributed by atoms with Gasteiger partial charge in [-0.25, -0.2) is 23.3 Å². The second-order valence-corrected chi connectivity index (χ2v) is 8.15. The zero-order valence-electron chi connectivity index (χ0n) is 17.7. The average molecular weight is 450 g/mol. The summed E-state index contributed by atoms with van der Waals surface area (Å²) in [5.41, 5.74) is 4.21. The molecule has 4 heterocycles. The number of anilines is 1. The van der Waals surface area contributed by atoms with Crippen LogP contribution in [0.4, 0.5) is 14.6 Å². The Morgan fingerprint density at radius 3 is 2.79 bits per heavy atom. The smallest absolute Gasteiger partial charge is 0.260 e. The number of aromatic nitrogens is 5. The van der Waals surface area contributed by atoms with Crippen molar-refractivity contribution in [3.8, 4) is 11.1 Å². The summed E-state index contributed by atoms with van der Waals surface area (Å²) in [4.78, 5) is 25.0. The van der Waals surface area contributed by atoms with Crippen molar-refractivity contribution in [2.75, 3.05) is 5.32 Å². The Balaban J connectivity index is 1.54. The number of hydrogen-bond acceptors (Lipinski definition) is 6. The van der Waals surface area contributed by atoms with Gasteiger partial charge in [0.2, 0.25) is 5.91 Å². The van der Waals surface area contributed by atoms with Crippen LogP contribution in [-0.4, -0.2) is 41.5 Å². The van der Waals surface area contributed by atoms with E-state index in [1.165, 1.54) is 6.33 Å². The molecule has 4 aromatic rings. The third kappa shape index (κ3) is 3.72. The van der Waals surface area contributed by atoms with E-state index < -0.39 is 30.3 Å². The van der Waals surface area contributed by atoms with Crippen molar-refractivity contribution in [2.45, 2.75) is 31.8 Å². The van der Waals surface area contributed by atoms with E-state index in [1.54, 1.807) is 29.1 Å². The van der Waals surface area contributed by atoms with E-state index in [0.717, 1.165) is 16.7 Å². The van der Waals surface area contributed by atoms with Crippen molar-refractivity contribution in [2.24, 2.45) is 5.92 Å². The van der Waals surface area contributed by atoms with Gasteiger partial charge in [0.05, 0.1) is 17.3 Å². The highest BCUT2D eigenvalue weighted by atomic mass is 19.3. The number of hydrogen-bond donors (Lipinski definition) is 2. The normalized spacial score (nSPS) is 17.8. The number of pyridine rings is 3. The first-order valence-corrected chi connectivity index (χ1v) is 10.4. The highest BCUT2D eigenvalue weighted by Gasteiger charge is 2.61. The van der Waals surface area contributed by atoms with Gasteiger partial charge in [-0.1, -0.05) is 6.08 Å². The Bertz CT molecular complexity index is 1420. The first-order valence-electron chi connectivity index (χ1n) is 10.4. The molecule has 0 aliphatic heterocycles. The molecule has 1 aliphatic carbocycles. The van der Waals surface area contributed by atoms with E-state index in [4.69, 9.17) is 0 Å². The number of aliphatic hydroxyl groups is 1. The van der Waals surface area contributed by atoms with Gasteiger partial charge in [-0.05, 0) is 31.0 Å². The van der Waals surface area contributed by atoms with Crippen molar-refractivity contribution < 1.29 is 18.7 Å². The average Bonchev–Trinajstić information content (AvgIpc) is 3.18. The fourth-order valence-electron chi connectivity index (χ4n) is 3.87. The number of halogens is 2. The third-order valence-corrected chi connectivity index (χ3v) is 5.78. The molecule has 1 amide bonds. The van der Waals surface area contributed by atoms with Gasteiger partial charge in [-0.15, -0.1) is 6.58 Å². The van der Waals surface area contributed by atoms with Crippen molar-refractivity contribution in [1.82, 2.24) is 24.6 Å². The number of fused-ring (bicyclic) bond motifs is 3. The van der Waals surface area contributed by atoms with Crippen LogP contribution < -0.4 is 5.32 Å². The molecule has 5 rings (SSSR count). The summed E-state index contributed by atoms with van der Waals surface area (Å²) in [6, 6.07) is 5.29. The lowest BCUT2D eigenvalue weighted by molar-refractivity contribution is -0.119. The van der Waals surface area contributed by atoms with Crippen molar-refractivity contribution in [3.63, 3.8) is 0 Å². The molecule has 0 saturated heterocycles. The minimum Gasteiger partial charge on any atom is -0.386 e. The maximum atomic E-state index is 13.2. The number of amides is 1. The Morgan fingerprint density at radius 2 is 2.09 bits per heavy atom. The van der Waals surface area contributed by atoms with Gasteiger partial charge in [0.1, 0.15) is 18.1 Å². The van der Waals surface area contributed by atoms with Gasteiger partial charge in [0, 0.05) is 41.4 Å². The molecular weight excluding hydrogens is 430 g/mol. The molecule has 1 saturated carbocycles. The zero-order chi connectivity index (χ0) is 23.3. The van der Waals surface area contributed by atoms with Gasteiger partial charge in [-0.2, -0.15) is 5.10 Å².